The molecule has 0 bridgehead atoms. The number of hydrogen-bond acceptors (Lipinski definition) is 5. The number of nitrogens with zero attached hydrogens (tertiary/aromatic N) is 2. The number of benzene rings is 1. The van der Waals surface area contributed by atoms with E-state index in [1.54, 1.807) is 4.90 Å². The molecule has 1 aromatic carbocycles. The van der Waals surface area contributed by atoms with Crippen LogP contribution in [0.5, 0.6) is 0 Å². The van der Waals surface area contributed by atoms with Gasteiger partial charge in [0.1, 0.15) is 11.4 Å². The van der Waals surface area contributed by atoms with Crippen molar-refractivity contribution in [3.05, 3.63) is 24.0 Å². The van der Waals surface area contributed by atoms with Crippen molar-refractivity contribution in [3.8, 4) is 0 Å². The lowest BCUT2D eigenvalue weighted by Crippen LogP contribution is -2.41. The van der Waals surface area contributed by atoms with Gasteiger partial charge in [-0.25, -0.2) is 9.78 Å². The first-order chi connectivity index (χ1) is 13.8. The van der Waals surface area contributed by atoms with E-state index in [2.05, 4.69) is 9.97 Å². The fourth-order valence-electron chi connectivity index (χ4n) is 3.29. The molecule has 1 aliphatic heterocycles. The van der Waals surface area contributed by atoms with Crippen LogP contribution in [0.3, 0.4) is 0 Å². The molecule has 7 nitrogen and oxygen atoms in total. The maximum absolute atomic E-state index is 12.5. The third-order valence-corrected chi connectivity index (χ3v) is 5.57. The summed E-state index contributed by atoms with van der Waals surface area (Å²) in [4.78, 5) is 22.2. The summed E-state index contributed by atoms with van der Waals surface area (Å²) >= 11 is 0. The zero-order chi connectivity index (χ0) is 22.3. The highest BCUT2D eigenvalue weighted by molar-refractivity contribution is 6.62. The van der Waals surface area contributed by atoms with E-state index in [0.29, 0.717) is 13.1 Å². The quantitative estimate of drug-likeness (QED) is 0.747. The molecule has 1 amide bonds. The average molecular weight is 415 g/mol. The van der Waals surface area contributed by atoms with Gasteiger partial charge in [0, 0.05) is 6.54 Å². The van der Waals surface area contributed by atoms with E-state index in [9.17, 15) is 4.79 Å². The molecule has 1 aliphatic rings. The van der Waals surface area contributed by atoms with Gasteiger partial charge in [0.15, 0.2) is 0 Å². The normalized spacial score (nSPS) is 18.1. The van der Waals surface area contributed by atoms with Crippen LogP contribution in [-0.2, 0) is 20.6 Å². The minimum absolute atomic E-state index is 0.331. The molecule has 1 aromatic heterocycles. The summed E-state index contributed by atoms with van der Waals surface area (Å²) in [5.41, 5.74) is 1.35. The Morgan fingerprint density at radius 1 is 1.20 bits per heavy atom. The predicted octanol–water partition coefficient (Wildman–Crippen LogP) is 4.01. The Morgan fingerprint density at radius 3 is 2.40 bits per heavy atom. The van der Waals surface area contributed by atoms with Crippen LogP contribution in [0.25, 0.3) is 11.0 Å². The minimum atomic E-state index is -0.533. The summed E-state index contributed by atoms with van der Waals surface area (Å²) in [5, 5.41) is 0. The summed E-state index contributed by atoms with van der Waals surface area (Å²) in [5.74, 6) is 0.718. The molecule has 164 valence electrons. The second kappa shape index (κ2) is 7.89. The molecule has 2 heterocycles. The molecular weight excluding hydrogens is 381 g/mol. The molecule has 2 aromatic rings. The highest BCUT2D eigenvalue weighted by atomic mass is 16.7. The fraction of sp³-hybridized carbons (Fsp3) is 0.636. The van der Waals surface area contributed by atoms with E-state index < -0.39 is 12.7 Å². The number of hydrogen-bond donors (Lipinski definition) is 1. The lowest BCUT2D eigenvalue weighted by atomic mass is 9.79. The zero-order valence-electron chi connectivity index (χ0n) is 19.5. The predicted molar refractivity (Wildman–Crippen MR) is 119 cm³/mol. The number of rotatable bonds is 5. The number of aromatic nitrogens is 2. The molecule has 0 atom stereocenters. The van der Waals surface area contributed by atoms with Gasteiger partial charge in [-0.15, -0.1) is 0 Å². The van der Waals surface area contributed by atoms with Crippen molar-refractivity contribution < 1.29 is 18.8 Å². The Labute approximate surface area is 179 Å². The largest absolute Gasteiger partial charge is 0.494 e. The molecule has 8 heteroatoms. The van der Waals surface area contributed by atoms with Crippen LogP contribution in [0.15, 0.2) is 18.2 Å². The second-order valence-corrected chi connectivity index (χ2v) is 9.95. The lowest BCUT2D eigenvalue weighted by Gasteiger charge is -2.32. The highest BCUT2D eigenvalue weighted by Gasteiger charge is 2.51. The van der Waals surface area contributed by atoms with Crippen LogP contribution in [0.2, 0.25) is 0 Å². The van der Waals surface area contributed by atoms with Gasteiger partial charge in [-0.1, -0.05) is 13.0 Å². The molecule has 0 unspecified atom stereocenters. The summed E-state index contributed by atoms with van der Waals surface area (Å²) in [6.45, 7) is 16.8. The van der Waals surface area contributed by atoms with Crippen LogP contribution in [0, 0.1) is 0 Å². The molecule has 1 N–H and O–H groups in total. The van der Waals surface area contributed by atoms with E-state index in [1.807, 2.05) is 73.6 Å². The molecule has 0 spiro atoms. The fourth-order valence-corrected chi connectivity index (χ4v) is 3.29. The number of amides is 1. The highest BCUT2D eigenvalue weighted by Crippen LogP contribution is 2.36. The lowest BCUT2D eigenvalue weighted by molar-refractivity contribution is 0.00578. The number of fused-ring (bicyclic) bond motifs is 1. The maximum atomic E-state index is 12.5. The van der Waals surface area contributed by atoms with E-state index >= 15 is 0 Å². The number of carbonyl (C=O) groups excluding carboxylic acids is 1. The van der Waals surface area contributed by atoms with Gasteiger partial charge in [0.2, 0.25) is 0 Å². The number of carbonyl (C=O) groups is 1. The van der Waals surface area contributed by atoms with Crippen LogP contribution in [0.1, 0.15) is 67.6 Å². The molecule has 1 saturated heterocycles. The second-order valence-electron chi connectivity index (χ2n) is 9.95. The van der Waals surface area contributed by atoms with Gasteiger partial charge in [0.25, 0.3) is 0 Å². The topological polar surface area (TPSA) is 76.7 Å². The molecular formula is C22H34BN3O4. The van der Waals surface area contributed by atoms with Crippen LogP contribution >= 0.6 is 0 Å². The number of ether oxygens (including phenoxy) is 1. The molecule has 0 radical (unpaired) electrons. The SMILES string of the molecule is CCCN(Cc1nc2ccc(B3OC(C)(C)C(C)(C)O3)cc2[nH]1)C(=O)OC(C)(C)C. The summed E-state index contributed by atoms with van der Waals surface area (Å²) in [6.07, 6.45) is 0.508. The molecule has 1 fully saturated rings. The van der Waals surface area contributed by atoms with Gasteiger partial charge in [-0.05, 0) is 72.5 Å². The Bertz CT molecular complexity index is 901. The number of nitrogens with one attached hydrogen (secondary N) is 1. The Hall–Kier alpha value is -2.06. The Morgan fingerprint density at radius 2 is 1.83 bits per heavy atom. The van der Waals surface area contributed by atoms with Crippen molar-refractivity contribution in [2.75, 3.05) is 6.54 Å². The average Bonchev–Trinajstić information content (AvgIpc) is 3.09. The molecule has 0 saturated carbocycles. The standard InChI is InChI=1S/C22H34BN3O4/c1-9-12-26(19(27)28-20(2,3)4)14-18-24-16-11-10-15(13-17(16)25-18)23-29-21(5,6)22(7,8)30-23/h10-11,13H,9,12,14H2,1-8H3,(H,24,25). The smallest absolute Gasteiger partial charge is 0.444 e. The third kappa shape index (κ3) is 4.81. The Balaban J connectivity index is 1.79. The molecule has 30 heavy (non-hydrogen) atoms. The zero-order valence-corrected chi connectivity index (χ0v) is 19.5. The van der Waals surface area contributed by atoms with E-state index in [4.69, 9.17) is 14.0 Å². The number of H-pyrrole nitrogens is 1. The van der Waals surface area contributed by atoms with E-state index in [0.717, 1.165) is 28.7 Å². The van der Waals surface area contributed by atoms with Gasteiger partial charge < -0.3 is 23.9 Å². The van der Waals surface area contributed by atoms with Crippen LogP contribution in [0.4, 0.5) is 4.79 Å². The number of imidazole rings is 1. The third-order valence-electron chi connectivity index (χ3n) is 5.57. The first-order valence-corrected chi connectivity index (χ1v) is 10.6. The summed E-state index contributed by atoms with van der Waals surface area (Å²) < 4.78 is 17.8. The van der Waals surface area contributed by atoms with Crippen molar-refractivity contribution >= 4 is 29.7 Å². The summed E-state index contributed by atoms with van der Waals surface area (Å²) in [6, 6.07) is 5.94. The van der Waals surface area contributed by atoms with Gasteiger partial charge in [-0.3, -0.25) is 0 Å². The van der Waals surface area contributed by atoms with Crippen molar-refractivity contribution in [2.24, 2.45) is 0 Å². The van der Waals surface area contributed by atoms with Crippen molar-refractivity contribution in [2.45, 2.75) is 85.2 Å². The van der Waals surface area contributed by atoms with E-state index in [1.165, 1.54) is 0 Å². The molecule has 3 rings (SSSR count). The molecule has 0 aliphatic carbocycles. The van der Waals surface area contributed by atoms with Crippen LogP contribution < -0.4 is 5.46 Å². The Kier molecular flexibility index (Phi) is 5.95. The maximum Gasteiger partial charge on any atom is 0.494 e. The first-order valence-electron chi connectivity index (χ1n) is 10.6. The van der Waals surface area contributed by atoms with Gasteiger partial charge >= 0.3 is 13.2 Å². The first kappa shape index (κ1) is 22.6. The van der Waals surface area contributed by atoms with Crippen molar-refractivity contribution in [1.82, 2.24) is 14.9 Å². The monoisotopic (exact) mass is 415 g/mol. The number of aromatic amines is 1. The van der Waals surface area contributed by atoms with Crippen molar-refractivity contribution in [3.63, 3.8) is 0 Å². The van der Waals surface area contributed by atoms with Gasteiger partial charge in [0.05, 0.1) is 28.8 Å². The van der Waals surface area contributed by atoms with Crippen molar-refractivity contribution in [1.29, 1.82) is 0 Å². The van der Waals surface area contributed by atoms with E-state index in [-0.39, 0.29) is 17.3 Å². The summed E-state index contributed by atoms with van der Waals surface area (Å²) in [7, 11) is -0.426. The van der Waals surface area contributed by atoms with Gasteiger partial charge in [-0.2, -0.15) is 0 Å². The van der Waals surface area contributed by atoms with Crippen LogP contribution in [-0.4, -0.2) is 51.4 Å². The minimum Gasteiger partial charge on any atom is -0.444 e.